The van der Waals surface area contributed by atoms with Crippen LogP contribution in [0.25, 0.3) is 0 Å². The second kappa shape index (κ2) is 4.77. The summed E-state index contributed by atoms with van der Waals surface area (Å²) < 4.78 is 5.27. The van der Waals surface area contributed by atoms with Crippen molar-refractivity contribution in [2.75, 3.05) is 6.54 Å². The zero-order valence-corrected chi connectivity index (χ0v) is 9.55. The van der Waals surface area contributed by atoms with Crippen LogP contribution in [0.4, 0.5) is 0 Å². The molecule has 1 aromatic heterocycles. The van der Waals surface area contributed by atoms with Crippen LogP contribution in [0, 0.1) is 5.92 Å². The fourth-order valence-corrected chi connectivity index (χ4v) is 2.44. The Labute approximate surface area is 93.4 Å². The molecule has 0 spiro atoms. The molecule has 1 N–H and O–H groups in total. The maximum absolute atomic E-state index is 11.7. The molecule has 3 nitrogen and oxygen atoms in total. The Morgan fingerprint density at radius 3 is 3.20 bits per heavy atom. The van der Waals surface area contributed by atoms with Crippen LogP contribution in [0.3, 0.4) is 0 Å². The molecule has 2 heterocycles. The van der Waals surface area contributed by atoms with Crippen molar-refractivity contribution in [3.63, 3.8) is 0 Å². The van der Waals surface area contributed by atoms with Crippen molar-refractivity contribution in [1.82, 2.24) is 5.32 Å². The molecule has 82 valence electrons. The highest BCUT2D eigenvalue weighted by molar-refractivity contribution is 7.09. The van der Waals surface area contributed by atoms with Gasteiger partial charge in [-0.15, -0.1) is 11.3 Å². The largest absolute Gasteiger partial charge is 0.460 e. The van der Waals surface area contributed by atoms with E-state index in [0.717, 1.165) is 17.8 Å². The minimum atomic E-state index is -0.0686. The van der Waals surface area contributed by atoms with E-state index in [-0.39, 0.29) is 17.9 Å². The van der Waals surface area contributed by atoms with Gasteiger partial charge in [0, 0.05) is 10.9 Å². The molecule has 1 saturated heterocycles. The van der Waals surface area contributed by atoms with E-state index in [1.165, 1.54) is 0 Å². The van der Waals surface area contributed by atoms with Crippen LogP contribution < -0.4 is 5.32 Å². The van der Waals surface area contributed by atoms with Gasteiger partial charge in [0.1, 0.15) is 6.61 Å². The molecule has 0 amide bonds. The highest BCUT2D eigenvalue weighted by atomic mass is 32.1. The van der Waals surface area contributed by atoms with E-state index in [9.17, 15) is 4.79 Å². The van der Waals surface area contributed by atoms with Crippen molar-refractivity contribution in [2.45, 2.75) is 26.0 Å². The second-order valence-corrected chi connectivity index (χ2v) is 4.86. The molecule has 0 radical (unpaired) electrons. The molecule has 1 aromatic rings. The van der Waals surface area contributed by atoms with Gasteiger partial charge in [-0.05, 0) is 31.3 Å². The summed E-state index contributed by atoms with van der Waals surface area (Å²) in [6, 6.07) is 4.20. The van der Waals surface area contributed by atoms with Gasteiger partial charge in [0.2, 0.25) is 0 Å². The van der Waals surface area contributed by atoms with Gasteiger partial charge in [-0.1, -0.05) is 6.07 Å². The van der Waals surface area contributed by atoms with E-state index >= 15 is 0 Å². The topological polar surface area (TPSA) is 38.3 Å². The van der Waals surface area contributed by atoms with Gasteiger partial charge in [-0.3, -0.25) is 4.79 Å². The van der Waals surface area contributed by atoms with Gasteiger partial charge in [0.15, 0.2) is 0 Å². The standard InChI is InChI=1S/C11H15NO2S/c1-8-10(4-5-12-8)11(13)14-7-9-3-2-6-15-9/h2-3,6,8,10,12H,4-5,7H2,1H3. The first kappa shape index (κ1) is 10.6. The van der Waals surface area contributed by atoms with Crippen LogP contribution in [0.1, 0.15) is 18.2 Å². The average molecular weight is 225 g/mol. The van der Waals surface area contributed by atoms with E-state index in [0.29, 0.717) is 6.61 Å². The van der Waals surface area contributed by atoms with E-state index in [1.807, 2.05) is 24.4 Å². The number of carbonyl (C=O) groups is 1. The van der Waals surface area contributed by atoms with Gasteiger partial charge in [0.05, 0.1) is 5.92 Å². The molecule has 1 aliphatic rings. The first-order valence-corrected chi connectivity index (χ1v) is 6.08. The summed E-state index contributed by atoms with van der Waals surface area (Å²) in [6.45, 7) is 3.36. The monoisotopic (exact) mass is 225 g/mol. The fraction of sp³-hybridized carbons (Fsp3) is 0.545. The maximum Gasteiger partial charge on any atom is 0.310 e. The predicted octanol–water partition coefficient (Wildman–Crippen LogP) is 1.79. The summed E-state index contributed by atoms with van der Waals surface area (Å²) in [5.41, 5.74) is 0. The number of nitrogens with one attached hydrogen (secondary N) is 1. The van der Waals surface area contributed by atoms with Crippen LogP contribution in [0.2, 0.25) is 0 Å². The van der Waals surface area contributed by atoms with Crippen LogP contribution in [-0.2, 0) is 16.1 Å². The van der Waals surface area contributed by atoms with E-state index in [4.69, 9.17) is 4.74 Å². The lowest BCUT2D eigenvalue weighted by Crippen LogP contribution is -2.29. The first-order valence-electron chi connectivity index (χ1n) is 5.20. The molecule has 0 aliphatic carbocycles. The van der Waals surface area contributed by atoms with Crippen molar-refractivity contribution in [2.24, 2.45) is 5.92 Å². The number of ether oxygens (including phenoxy) is 1. The zero-order chi connectivity index (χ0) is 10.7. The molecule has 15 heavy (non-hydrogen) atoms. The van der Waals surface area contributed by atoms with Crippen molar-refractivity contribution in [3.8, 4) is 0 Å². The number of esters is 1. The molecular weight excluding hydrogens is 210 g/mol. The van der Waals surface area contributed by atoms with Crippen LogP contribution in [-0.4, -0.2) is 18.6 Å². The molecule has 2 atom stereocenters. The summed E-state index contributed by atoms with van der Waals surface area (Å²) >= 11 is 1.62. The molecule has 2 rings (SSSR count). The SMILES string of the molecule is CC1NCCC1C(=O)OCc1cccs1. The van der Waals surface area contributed by atoms with Gasteiger partial charge in [0.25, 0.3) is 0 Å². The molecule has 1 aliphatic heterocycles. The molecule has 2 unspecified atom stereocenters. The Bertz CT molecular complexity index is 323. The highest BCUT2D eigenvalue weighted by Crippen LogP contribution is 2.18. The van der Waals surface area contributed by atoms with Gasteiger partial charge < -0.3 is 10.1 Å². The van der Waals surface area contributed by atoms with E-state index in [2.05, 4.69) is 5.32 Å². The van der Waals surface area contributed by atoms with Crippen molar-refractivity contribution in [3.05, 3.63) is 22.4 Å². The van der Waals surface area contributed by atoms with Crippen molar-refractivity contribution < 1.29 is 9.53 Å². The minimum absolute atomic E-state index is 0.0324. The van der Waals surface area contributed by atoms with Gasteiger partial charge >= 0.3 is 5.97 Å². The lowest BCUT2D eigenvalue weighted by Gasteiger charge is -2.13. The Hall–Kier alpha value is -0.870. The Morgan fingerprint density at radius 2 is 2.60 bits per heavy atom. The summed E-state index contributed by atoms with van der Waals surface area (Å²) in [5, 5.41) is 5.23. The van der Waals surface area contributed by atoms with Crippen molar-refractivity contribution >= 4 is 17.3 Å². The average Bonchev–Trinajstić information content (AvgIpc) is 2.84. The van der Waals surface area contributed by atoms with Crippen molar-refractivity contribution in [1.29, 1.82) is 0 Å². The number of rotatable bonds is 3. The third-order valence-corrected chi connectivity index (χ3v) is 3.61. The van der Waals surface area contributed by atoms with E-state index in [1.54, 1.807) is 11.3 Å². The predicted molar refractivity (Wildman–Crippen MR) is 59.7 cm³/mol. The van der Waals surface area contributed by atoms with Gasteiger partial charge in [-0.2, -0.15) is 0 Å². The van der Waals surface area contributed by atoms with Crippen LogP contribution >= 0.6 is 11.3 Å². The summed E-state index contributed by atoms with van der Waals surface area (Å²) in [5.74, 6) is -0.0362. The van der Waals surface area contributed by atoms with E-state index < -0.39 is 0 Å². The summed E-state index contributed by atoms with van der Waals surface area (Å²) in [6.07, 6.45) is 0.893. The van der Waals surface area contributed by atoms with Gasteiger partial charge in [-0.25, -0.2) is 0 Å². The maximum atomic E-state index is 11.7. The molecular formula is C11H15NO2S. The minimum Gasteiger partial charge on any atom is -0.460 e. The lowest BCUT2D eigenvalue weighted by molar-refractivity contribution is -0.149. The Morgan fingerprint density at radius 1 is 1.73 bits per heavy atom. The molecule has 4 heteroatoms. The Balaban J connectivity index is 1.82. The smallest absolute Gasteiger partial charge is 0.310 e. The number of thiophene rings is 1. The molecule has 1 fully saturated rings. The zero-order valence-electron chi connectivity index (χ0n) is 8.73. The molecule has 0 saturated carbocycles. The summed E-state index contributed by atoms with van der Waals surface area (Å²) in [4.78, 5) is 12.8. The quantitative estimate of drug-likeness (QED) is 0.797. The lowest BCUT2D eigenvalue weighted by atomic mass is 10.0. The van der Waals surface area contributed by atoms with Crippen LogP contribution in [0.15, 0.2) is 17.5 Å². The third kappa shape index (κ3) is 2.58. The second-order valence-electron chi connectivity index (χ2n) is 3.83. The highest BCUT2D eigenvalue weighted by Gasteiger charge is 2.30. The first-order chi connectivity index (χ1) is 7.27. The Kier molecular flexibility index (Phi) is 3.38. The third-order valence-electron chi connectivity index (χ3n) is 2.76. The normalized spacial score (nSPS) is 25.4. The number of hydrogen-bond donors (Lipinski definition) is 1. The number of hydrogen-bond acceptors (Lipinski definition) is 4. The number of carbonyl (C=O) groups excluding carboxylic acids is 1. The summed E-state index contributed by atoms with van der Waals surface area (Å²) in [7, 11) is 0. The molecule has 0 bridgehead atoms. The fourth-order valence-electron chi connectivity index (χ4n) is 1.82. The molecule has 0 aromatic carbocycles. The van der Waals surface area contributed by atoms with Crippen LogP contribution in [0.5, 0.6) is 0 Å².